The summed E-state index contributed by atoms with van der Waals surface area (Å²) < 4.78 is -0.656. The number of alkyl halides is 2. The van der Waals surface area contributed by atoms with Gasteiger partial charge in [0.15, 0.2) is 0 Å². The minimum absolute atomic E-state index is 0.0118. The second-order valence-electron chi connectivity index (χ2n) is 4.13. The van der Waals surface area contributed by atoms with Crippen LogP contribution in [0.15, 0.2) is 0 Å². The summed E-state index contributed by atoms with van der Waals surface area (Å²) in [7, 11) is 0. The van der Waals surface area contributed by atoms with Gasteiger partial charge < -0.3 is 10.6 Å². The minimum Gasteiger partial charge on any atom is -0.351 e. The van der Waals surface area contributed by atoms with E-state index in [2.05, 4.69) is 6.92 Å². The highest BCUT2D eigenvalue weighted by molar-refractivity contribution is 6.51. The van der Waals surface area contributed by atoms with Crippen LogP contribution < -0.4 is 5.73 Å². The van der Waals surface area contributed by atoms with Crippen LogP contribution in [-0.2, 0) is 0 Å². The standard InChI is InChI=1S/C8H12Cl2N2O/c1-7-2-3-12(6(11)13)4-5(7)8(7,9)10/h5H,2-4H2,1H3,(H2,11,13). The number of carbonyl (C=O) groups is 1. The van der Waals surface area contributed by atoms with E-state index < -0.39 is 4.33 Å². The second kappa shape index (κ2) is 2.45. The topological polar surface area (TPSA) is 46.3 Å². The average Bonchev–Trinajstić information content (AvgIpc) is 2.46. The molecule has 0 spiro atoms. The van der Waals surface area contributed by atoms with Crippen molar-refractivity contribution in [2.45, 2.75) is 17.7 Å². The van der Waals surface area contributed by atoms with Crippen molar-refractivity contribution in [3.8, 4) is 0 Å². The van der Waals surface area contributed by atoms with Crippen molar-refractivity contribution < 1.29 is 4.79 Å². The van der Waals surface area contributed by atoms with E-state index in [4.69, 9.17) is 28.9 Å². The number of urea groups is 1. The Hall–Kier alpha value is -0.150. The fourth-order valence-corrected chi connectivity index (χ4v) is 3.17. The summed E-state index contributed by atoms with van der Waals surface area (Å²) >= 11 is 12.2. The lowest BCUT2D eigenvalue weighted by atomic mass is 9.98. The molecule has 1 saturated carbocycles. The number of rotatable bonds is 0. The first-order valence-electron chi connectivity index (χ1n) is 4.32. The van der Waals surface area contributed by atoms with Gasteiger partial charge in [-0.15, -0.1) is 23.2 Å². The van der Waals surface area contributed by atoms with Gasteiger partial charge in [-0.2, -0.15) is 0 Å². The van der Waals surface area contributed by atoms with Crippen LogP contribution >= 0.6 is 23.2 Å². The molecule has 2 rings (SSSR count). The first kappa shape index (κ1) is 9.41. The Balaban J connectivity index is 2.11. The molecule has 13 heavy (non-hydrogen) atoms. The molecule has 2 unspecified atom stereocenters. The van der Waals surface area contributed by atoms with Crippen LogP contribution in [0.1, 0.15) is 13.3 Å². The average molecular weight is 223 g/mol. The van der Waals surface area contributed by atoms with Crippen molar-refractivity contribution in [3.63, 3.8) is 0 Å². The van der Waals surface area contributed by atoms with Crippen LogP contribution in [-0.4, -0.2) is 28.4 Å². The number of primary amides is 1. The van der Waals surface area contributed by atoms with Gasteiger partial charge in [0, 0.05) is 24.4 Å². The molecule has 2 amide bonds. The molecule has 74 valence electrons. The van der Waals surface area contributed by atoms with E-state index in [1.807, 2.05) is 0 Å². The first-order chi connectivity index (χ1) is 5.89. The third-order valence-corrected chi connectivity index (χ3v) is 4.89. The molecular weight excluding hydrogens is 211 g/mol. The predicted octanol–water partition coefficient (Wildman–Crippen LogP) is 1.58. The molecule has 0 bridgehead atoms. The Morgan fingerprint density at radius 1 is 1.62 bits per heavy atom. The number of amides is 2. The van der Waals surface area contributed by atoms with E-state index in [1.54, 1.807) is 4.90 Å². The summed E-state index contributed by atoms with van der Waals surface area (Å²) in [6.45, 7) is 3.33. The van der Waals surface area contributed by atoms with E-state index in [0.717, 1.165) is 6.42 Å². The molecule has 0 aromatic heterocycles. The summed E-state index contributed by atoms with van der Waals surface area (Å²) in [6, 6.07) is -0.377. The van der Waals surface area contributed by atoms with Gasteiger partial charge in [0.1, 0.15) is 4.33 Å². The molecule has 0 radical (unpaired) electrons. The molecule has 3 nitrogen and oxygen atoms in total. The first-order valence-corrected chi connectivity index (χ1v) is 5.07. The molecule has 5 heteroatoms. The van der Waals surface area contributed by atoms with Gasteiger partial charge in [-0.25, -0.2) is 4.79 Å². The third kappa shape index (κ3) is 1.07. The van der Waals surface area contributed by atoms with E-state index in [1.165, 1.54) is 0 Å². The van der Waals surface area contributed by atoms with E-state index in [0.29, 0.717) is 13.1 Å². The predicted molar refractivity (Wildman–Crippen MR) is 51.8 cm³/mol. The summed E-state index contributed by atoms with van der Waals surface area (Å²) in [5, 5.41) is 0. The van der Waals surface area contributed by atoms with E-state index in [9.17, 15) is 4.79 Å². The lowest BCUT2D eigenvalue weighted by molar-refractivity contribution is 0.180. The molecule has 0 aromatic carbocycles. The van der Waals surface area contributed by atoms with Crippen LogP contribution in [0.4, 0.5) is 4.79 Å². The van der Waals surface area contributed by atoms with Crippen molar-refractivity contribution in [1.29, 1.82) is 0 Å². The number of carbonyl (C=O) groups excluding carboxylic acids is 1. The fourth-order valence-electron chi connectivity index (χ4n) is 2.21. The van der Waals surface area contributed by atoms with Gasteiger partial charge in [-0.05, 0) is 6.42 Å². The second-order valence-corrected chi connectivity index (χ2v) is 5.51. The number of nitrogens with two attached hydrogens (primary N) is 1. The molecule has 1 aliphatic carbocycles. The number of fused-ring (bicyclic) bond motifs is 1. The van der Waals surface area contributed by atoms with Crippen molar-refractivity contribution in [2.24, 2.45) is 17.1 Å². The Bertz CT molecular complexity index is 269. The Kier molecular flexibility index (Phi) is 1.77. The lowest BCUT2D eigenvalue weighted by Crippen LogP contribution is -2.41. The Morgan fingerprint density at radius 2 is 2.23 bits per heavy atom. The van der Waals surface area contributed by atoms with Gasteiger partial charge >= 0.3 is 6.03 Å². The van der Waals surface area contributed by atoms with Gasteiger partial charge in [-0.3, -0.25) is 0 Å². The maximum absolute atomic E-state index is 10.9. The monoisotopic (exact) mass is 222 g/mol. The zero-order valence-electron chi connectivity index (χ0n) is 7.39. The molecule has 0 aromatic rings. The molecule has 1 heterocycles. The normalized spacial score (nSPS) is 41.2. The largest absolute Gasteiger partial charge is 0.351 e. The molecular formula is C8H12Cl2N2O. The van der Waals surface area contributed by atoms with Crippen LogP contribution in [0, 0.1) is 11.3 Å². The number of halogens is 2. The molecule has 2 aliphatic rings. The number of nitrogens with zero attached hydrogens (tertiary/aromatic N) is 1. The maximum Gasteiger partial charge on any atom is 0.314 e. The fraction of sp³-hybridized carbons (Fsp3) is 0.875. The van der Waals surface area contributed by atoms with Crippen molar-refractivity contribution in [2.75, 3.05) is 13.1 Å². The quantitative estimate of drug-likeness (QED) is 0.622. The summed E-state index contributed by atoms with van der Waals surface area (Å²) in [5.41, 5.74) is 5.17. The Labute approximate surface area is 87.1 Å². The highest BCUT2D eigenvalue weighted by Crippen LogP contribution is 2.72. The maximum atomic E-state index is 10.9. The van der Waals surface area contributed by atoms with Crippen LogP contribution in [0.3, 0.4) is 0 Å². The zero-order chi connectivity index (χ0) is 9.85. The van der Waals surface area contributed by atoms with Crippen LogP contribution in [0.2, 0.25) is 0 Å². The number of likely N-dealkylation sites (tertiary alicyclic amines) is 1. The van der Waals surface area contributed by atoms with Crippen molar-refractivity contribution >= 4 is 29.2 Å². The number of piperidine rings is 1. The minimum atomic E-state index is -0.656. The summed E-state index contributed by atoms with van der Waals surface area (Å²) in [4.78, 5) is 12.5. The highest BCUT2D eigenvalue weighted by Gasteiger charge is 2.74. The molecule has 2 atom stereocenters. The van der Waals surface area contributed by atoms with Gasteiger partial charge in [0.05, 0.1) is 0 Å². The SMILES string of the molecule is CC12CCN(C(N)=O)CC1C2(Cl)Cl. The van der Waals surface area contributed by atoms with Crippen LogP contribution in [0.5, 0.6) is 0 Å². The van der Waals surface area contributed by atoms with Crippen LogP contribution in [0.25, 0.3) is 0 Å². The Morgan fingerprint density at radius 3 is 2.69 bits per heavy atom. The summed E-state index contributed by atoms with van der Waals surface area (Å²) in [5.74, 6) is 0.185. The molecule has 2 N–H and O–H groups in total. The van der Waals surface area contributed by atoms with Crippen molar-refractivity contribution in [1.82, 2.24) is 4.90 Å². The van der Waals surface area contributed by atoms with Gasteiger partial charge in [-0.1, -0.05) is 6.92 Å². The van der Waals surface area contributed by atoms with E-state index in [-0.39, 0.29) is 17.4 Å². The van der Waals surface area contributed by atoms with Gasteiger partial charge in [0.2, 0.25) is 0 Å². The number of hydrogen-bond donors (Lipinski definition) is 1. The highest BCUT2D eigenvalue weighted by atomic mass is 35.5. The van der Waals surface area contributed by atoms with Gasteiger partial charge in [0.25, 0.3) is 0 Å². The zero-order valence-corrected chi connectivity index (χ0v) is 8.90. The molecule has 1 saturated heterocycles. The van der Waals surface area contributed by atoms with E-state index >= 15 is 0 Å². The molecule has 2 fully saturated rings. The smallest absolute Gasteiger partial charge is 0.314 e. The summed E-state index contributed by atoms with van der Waals surface area (Å²) in [6.07, 6.45) is 0.841. The van der Waals surface area contributed by atoms with Crippen molar-refractivity contribution in [3.05, 3.63) is 0 Å². The third-order valence-electron chi connectivity index (χ3n) is 3.50. The molecule has 1 aliphatic heterocycles. The number of hydrogen-bond acceptors (Lipinski definition) is 1. The lowest BCUT2D eigenvalue weighted by Gasteiger charge is -2.27.